The van der Waals surface area contributed by atoms with Gasteiger partial charge in [0.15, 0.2) is 5.82 Å². The van der Waals surface area contributed by atoms with Gasteiger partial charge in [0.2, 0.25) is 0 Å². The fourth-order valence-corrected chi connectivity index (χ4v) is 15.0. The molecule has 2 aliphatic rings. The molecule has 0 radical (unpaired) electrons. The van der Waals surface area contributed by atoms with Gasteiger partial charge < -0.3 is 9.13 Å². The molecule has 0 spiro atoms. The summed E-state index contributed by atoms with van der Waals surface area (Å²) in [6.07, 6.45) is 0. The predicted octanol–water partition coefficient (Wildman–Crippen LogP) is 20.7. The molecule has 442 valence electrons. The van der Waals surface area contributed by atoms with Gasteiger partial charge in [-0.3, -0.25) is 0 Å². The molecule has 0 saturated heterocycles. The van der Waals surface area contributed by atoms with Gasteiger partial charge in [-0.05, 0) is 184 Å². The summed E-state index contributed by atoms with van der Waals surface area (Å²) in [7, 11) is 0. The Morgan fingerprint density at radius 3 is 0.989 bits per heavy atom. The lowest BCUT2D eigenvalue weighted by Crippen LogP contribution is -2.59. The number of rotatable bonds is 7. The molecule has 0 saturated carbocycles. The largest absolute Gasteiger partial charge is 0.310 e. The Balaban J connectivity index is 1.06. The van der Waals surface area contributed by atoms with Crippen molar-refractivity contribution in [3.63, 3.8) is 0 Å². The summed E-state index contributed by atoms with van der Waals surface area (Å²) in [6, 6.07) is 88.7. The number of benzene rings is 11. The quantitative estimate of drug-likeness (QED) is 0.149. The molecule has 0 unspecified atom stereocenters. The Kier molecular flexibility index (Phi) is 12.6. The summed E-state index contributed by atoms with van der Waals surface area (Å²) in [5.74, 6) is 0.658. The monoisotopic (exact) mass is 1170 g/mol. The van der Waals surface area contributed by atoms with Crippen LogP contribution in [0, 0.1) is 0 Å². The van der Waals surface area contributed by atoms with Gasteiger partial charge in [-0.15, -0.1) is 0 Å². The van der Waals surface area contributed by atoms with Gasteiger partial charge in [0, 0.05) is 60.6 Å². The van der Waals surface area contributed by atoms with Crippen molar-refractivity contribution in [2.75, 3.05) is 0 Å². The molecule has 3 aromatic heterocycles. The van der Waals surface area contributed by atoms with Gasteiger partial charge in [-0.2, -0.15) is 0 Å². The van der Waals surface area contributed by atoms with Crippen LogP contribution in [0.2, 0.25) is 0 Å². The highest BCUT2D eigenvalue weighted by atomic mass is 15.0. The van der Waals surface area contributed by atoms with E-state index in [1.54, 1.807) is 0 Å². The zero-order chi connectivity index (χ0) is 62.6. The number of hydrogen-bond acceptors (Lipinski definition) is 2. The van der Waals surface area contributed by atoms with Crippen LogP contribution >= 0.6 is 0 Å². The SMILES string of the molecule is CC(C)(C)c1ccc2c(c1)c1c(C(C)(C)C)ccc3c1n2-c1cc(-c2cc(-c4cc(-c5ccccc5)cc(-c5ccccc5)c4)nc(-c4cc(-c5ccccc5)cc(-c5ccccc5)c4)n2)cc2c1B3c1ccc(C(C)(C)C)c3c4cc(C(C)(C)C)ccc4n-2c13. The van der Waals surface area contributed by atoms with Crippen LogP contribution in [0.5, 0.6) is 0 Å². The first kappa shape index (κ1) is 56.4. The fraction of sp³-hybridized carbons (Fsp3) is 0.186. The molecule has 5 heterocycles. The first-order valence-electron chi connectivity index (χ1n) is 32.5. The van der Waals surface area contributed by atoms with Gasteiger partial charge in [0.1, 0.15) is 0 Å². The lowest BCUT2D eigenvalue weighted by molar-refractivity contribution is 0.590. The van der Waals surface area contributed by atoms with Crippen LogP contribution in [-0.2, 0) is 21.7 Å². The van der Waals surface area contributed by atoms with Crippen LogP contribution in [-0.4, -0.2) is 25.8 Å². The third kappa shape index (κ3) is 9.25. The maximum Gasteiger partial charge on any atom is 0.252 e. The van der Waals surface area contributed by atoms with Crippen LogP contribution in [0.3, 0.4) is 0 Å². The van der Waals surface area contributed by atoms with Crippen LogP contribution in [0.25, 0.3) is 133 Å². The summed E-state index contributed by atoms with van der Waals surface area (Å²) >= 11 is 0. The van der Waals surface area contributed by atoms with E-state index in [9.17, 15) is 0 Å². The van der Waals surface area contributed by atoms with Gasteiger partial charge in [-0.1, -0.05) is 241 Å². The van der Waals surface area contributed by atoms with E-state index in [0.29, 0.717) is 5.82 Å². The molecule has 5 heteroatoms. The Bertz CT molecular complexity index is 4850. The van der Waals surface area contributed by atoms with Crippen molar-refractivity contribution < 1.29 is 0 Å². The molecular weight excluding hydrogens is 1100 g/mol. The average Bonchev–Trinajstić information content (AvgIpc) is 1.57. The van der Waals surface area contributed by atoms with Crippen LogP contribution < -0.4 is 16.4 Å². The van der Waals surface area contributed by atoms with E-state index in [-0.39, 0.29) is 28.4 Å². The van der Waals surface area contributed by atoms with Crippen molar-refractivity contribution >= 4 is 66.7 Å². The van der Waals surface area contributed by atoms with Gasteiger partial charge in [-0.25, -0.2) is 9.97 Å². The van der Waals surface area contributed by atoms with Crippen molar-refractivity contribution in [1.29, 1.82) is 0 Å². The summed E-state index contributed by atoms with van der Waals surface area (Å²) in [4.78, 5) is 11.7. The minimum absolute atomic E-state index is 0.0583. The molecule has 11 aromatic carbocycles. The third-order valence-corrected chi connectivity index (χ3v) is 19.6. The van der Waals surface area contributed by atoms with Crippen LogP contribution in [0.15, 0.2) is 237 Å². The van der Waals surface area contributed by atoms with Gasteiger partial charge in [0.05, 0.1) is 22.4 Å². The van der Waals surface area contributed by atoms with E-state index in [1.807, 2.05) is 0 Å². The van der Waals surface area contributed by atoms with Crippen molar-refractivity contribution in [2.24, 2.45) is 0 Å². The minimum Gasteiger partial charge on any atom is -0.310 e. The van der Waals surface area contributed by atoms with Crippen molar-refractivity contribution in [3.8, 4) is 89.8 Å². The predicted molar refractivity (Wildman–Crippen MR) is 388 cm³/mol. The van der Waals surface area contributed by atoms with Crippen LogP contribution in [0.1, 0.15) is 105 Å². The second kappa shape index (κ2) is 20.3. The summed E-state index contributed by atoms with van der Waals surface area (Å²) in [5.41, 5.74) is 30.1. The maximum atomic E-state index is 5.92. The average molecular weight is 1180 g/mol. The Morgan fingerprint density at radius 1 is 0.297 bits per heavy atom. The lowest BCUT2D eigenvalue weighted by atomic mass is 9.34. The minimum atomic E-state index is -0.141. The van der Waals surface area contributed by atoms with E-state index in [0.717, 1.165) is 72.6 Å². The van der Waals surface area contributed by atoms with E-state index in [1.165, 1.54) is 93.6 Å². The molecule has 91 heavy (non-hydrogen) atoms. The van der Waals surface area contributed by atoms with E-state index in [4.69, 9.17) is 9.97 Å². The third-order valence-electron chi connectivity index (χ3n) is 19.6. The molecule has 16 rings (SSSR count). The molecule has 4 nitrogen and oxygen atoms in total. The van der Waals surface area contributed by atoms with Crippen molar-refractivity contribution in [1.82, 2.24) is 19.1 Å². The first-order valence-corrected chi connectivity index (χ1v) is 32.5. The van der Waals surface area contributed by atoms with Gasteiger partial charge >= 0.3 is 0 Å². The molecule has 0 N–H and O–H groups in total. The smallest absolute Gasteiger partial charge is 0.252 e. The highest BCUT2D eigenvalue weighted by Gasteiger charge is 2.43. The second-order valence-electron chi connectivity index (χ2n) is 29.9. The summed E-state index contributed by atoms with van der Waals surface area (Å²) in [6.45, 7) is 28.3. The Labute approximate surface area is 536 Å². The zero-order valence-corrected chi connectivity index (χ0v) is 54.4. The Hall–Kier alpha value is -9.84. The number of aromatic nitrogens is 4. The van der Waals surface area contributed by atoms with E-state index < -0.39 is 0 Å². The maximum absolute atomic E-state index is 5.92. The lowest BCUT2D eigenvalue weighted by Gasteiger charge is -2.35. The normalized spacial score (nSPS) is 13.0. The standard InChI is InChI=1S/C86H75BN4/c1-83(2,3)63-33-39-73-65(49-63)77-67(85(7,8)9)35-37-69-80(77)90(73)75-47-61(48-76-79(75)87(69)70-38-36-68(86(10,11)12)78-66-50-64(84(4,5)6)34-40-74(66)91(76)81(70)78)72-51-71(60-43-56(52-25-17-13-18-26-52)41-57(44-60)53-27-19-14-20-28-53)88-82(89-72)62-45-58(54-29-21-15-22-30-54)42-59(46-62)55-31-23-16-24-32-55/h13-51H,1-12H3. The molecule has 0 amide bonds. The topological polar surface area (TPSA) is 35.6 Å². The van der Waals surface area contributed by atoms with Crippen molar-refractivity contribution in [2.45, 2.75) is 105 Å². The molecule has 0 atom stereocenters. The number of fused-ring (bicyclic) bond motifs is 10. The Morgan fingerprint density at radius 2 is 0.637 bits per heavy atom. The van der Waals surface area contributed by atoms with Crippen molar-refractivity contribution in [3.05, 3.63) is 259 Å². The summed E-state index contributed by atoms with van der Waals surface area (Å²) in [5, 5.41) is 5.29. The fourth-order valence-electron chi connectivity index (χ4n) is 15.0. The zero-order valence-electron chi connectivity index (χ0n) is 54.4. The molecule has 0 bridgehead atoms. The van der Waals surface area contributed by atoms with E-state index >= 15 is 0 Å². The van der Waals surface area contributed by atoms with E-state index in [2.05, 4.69) is 329 Å². The number of nitrogens with zero attached hydrogens (tertiary/aromatic N) is 4. The molecule has 14 aromatic rings. The second-order valence-corrected chi connectivity index (χ2v) is 29.9. The summed E-state index contributed by atoms with van der Waals surface area (Å²) < 4.78 is 5.31. The highest BCUT2D eigenvalue weighted by molar-refractivity contribution is 7.00. The molecule has 0 fully saturated rings. The van der Waals surface area contributed by atoms with Gasteiger partial charge in [0.25, 0.3) is 6.71 Å². The molecule has 0 aliphatic carbocycles. The highest BCUT2D eigenvalue weighted by Crippen LogP contribution is 2.47. The number of hydrogen-bond donors (Lipinski definition) is 0. The first-order chi connectivity index (χ1) is 43.6. The molecular formula is C86H75BN4. The molecule has 2 aliphatic heterocycles. The van der Waals surface area contributed by atoms with Crippen LogP contribution in [0.4, 0.5) is 0 Å².